The molecule has 2 aromatic rings. The number of aromatic amines is 1. The minimum Gasteiger partial charge on any atom is -0.496 e. The number of imidazole rings is 1. The van der Waals surface area contributed by atoms with Crippen LogP contribution in [0.5, 0.6) is 5.75 Å². The van der Waals surface area contributed by atoms with E-state index < -0.39 is 0 Å². The first-order valence-corrected chi connectivity index (χ1v) is 5.95. The molecule has 0 fully saturated rings. The summed E-state index contributed by atoms with van der Waals surface area (Å²) in [7, 11) is 1.68. The molecule has 18 heavy (non-hydrogen) atoms. The largest absolute Gasteiger partial charge is 0.496 e. The molecule has 3 N–H and O–H groups in total. The molecular weight excluding hydrogens is 226 g/mol. The highest BCUT2D eigenvalue weighted by molar-refractivity contribution is 5.52. The minimum absolute atomic E-state index is 0.297. The van der Waals surface area contributed by atoms with Crippen LogP contribution >= 0.6 is 0 Å². The van der Waals surface area contributed by atoms with Crippen molar-refractivity contribution in [1.82, 2.24) is 9.97 Å². The van der Waals surface area contributed by atoms with Crippen LogP contribution in [0.15, 0.2) is 18.5 Å². The molecule has 1 unspecified atom stereocenters. The van der Waals surface area contributed by atoms with Gasteiger partial charge in [0.25, 0.3) is 0 Å². The maximum atomic E-state index is 6.28. The average Bonchev–Trinajstić information content (AvgIpc) is 2.86. The van der Waals surface area contributed by atoms with E-state index in [0.717, 1.165) is 28.3 Å². The number of rotatable bonds is 3. The van der Waals surface area contributed by atoms with Gasteiger partial charge in [-0.2, -0.15) is 0 Å². The standard InChI is InChI=1S/C14H19N3O/c1-8-7-9(2)11(13(18-4)10(8)3)12(15)14-16-5-6-17-14/h5-7,12H,15H2,1-4H3,(H,16,17). The molecule has 0 saturated carbocycles. The van der Waals surface area contributed by atoms with Gasteiger partial charge in [-0.3, -0.25) is 0 Å². The van der Waals surface area contributed by atoms with Crippen molar-refractivity contribution in [1.29, 1.82) is 0 Å². The topological polar surface area (TPSA) is 63.9 Å². The zero-order chi connectivity index (χ0) is 13.3. The van der Waals surface area contributed by atoms with E-state index in [2.05, 4.69) is 23.0 Å². The fourth-order valence-electron chi connectivity index (χ4n) is 2.30. The Balaban J connectivity index is 2.60. The van der Waals surface area contributed by atoms with E-state index in [0.29, 0.717) is 0 Å². The maximum Gasteiger partial charge on any atom is 0.127 e. The van der Waals surface area contributed by atoms with E-state index >= 15 is 0 Å². The Labute approximate surface area is 107 Å². The summed E-state index contributed by atoms with van der Waals surface area (Å²) < 4.78 is 5.54. The third-order valence-corrected chi connectivity index (χ3v) is 3.36. The summed E-state index contributed by atoms with van der Waals surface area (Å²) in [5.41, 5.74) is 10.7. The van der Waals surface area contributed by atoms with Crippen LogP contribution in [-0.4, -0.2) is 17.1 Å². The second-order valence-corrected chi connectivity index (χ2v) is 4.53. The molecular formula is C14H19N3O. The van der Waals surface area contributed by atoms with E-state index in [1.165, 1.54) is 5.56 Å². The van der Waals surface area contributed by atoms with Gasteiger partial charge in [0.15, 0.2) is 0 Å². The zero-order valence-electron chi connectivity index (χ0n) is 11.2. The molecule has 1 aromatic carbocycles. The van der Waals surface area contributed by atoms with Crippen molar-refractivity contribution < 1.29 is 4.74 Å². The van der Waals surface area contributed by atoms with Crippen molar-refractivity contribution in [2.75, 3.05) is 7.11 Å². The maximum absolute atomic E-state index is 6.28. The van der Waals surface area contributed by atoms with Crippen LogP contribution < -0.4 is 10.5 Å². The van der Waals surface area contributed by atoms with Crippen molar-refractivity contribution in [3.8, 4) is 5.75 Å². The highest BCUT2D eigenvalue weighted by Crippen LogP contribution is 2.34. The van der Waals surface area contributed by atoms with Gasteiger partial charge in [0.2, 0.25) is 0 Å². The summed E-state index contributed by atoms with van der Waals surface area (Å²) in [6.07, 6.45) is 3.48. The smallest absolute Gasteiger partial charge is 0.127 e. The summed E-state index contributed by atoms with van der Waals surface area (Å²) in [6, 6.07) is 1.84. The molecule has 1 heterocycles. The third-order valence-electron chi connectivity index (χ3n) is 3.36. The Bertz CT molecular complexity index is 547. The van der Waals surface area contributed by atoms with Gasteiger partial charge in [0.1, 0.15) is 11.6 Å². The lowest BCUT2D eigenvalue weighted by molar-refractivity contribution is 0.403. The van der Waals surface area contributed by atoms with Crippen LogP contribution in [0.2, 0.25) is 0 Å². The number of aryl methyl sites for hydroxylation is 2. The van der Waals surface area contributed by atoms with Gasteiger partial charge in [-0.25, -0.2) is 4.98 Å². The fourth-order valence-corrected chi connectivity index (χ4v) is 2.30. The highest BCUT2D eigenvalue weighted by atomic mass is 16.5. The van der Waals surface area contributed by atoms with Crippen molar-refractivity contribution in [2.24, 2.45) is 5.73 Å². The highest BCUT2D eigenvalue weighted by Gasteiger charge is 2.21. The van der Waals surface area contributed by atoms with E-state index in [-0.39, 0.29) is 6.04 Å². The molecule has 1 atom stereocenters. The van der Waals surface area contributed by atoms with Crippen LogP contribution in [-0.2, 0) is 0 Å². The summed E-state index contributed by atoms with van der Waals surface area (Å²) >= 11 is 0. The van der Waals surface area contributed by atoms with Crippen molar-refractivity contribution >= 4 is 0 Å². The van der Waals surface area contributed by atoms with Crippen LogP contribution in [0, 0.1) is 20.8 Å². The summed E-state index contributed by atoms with van der Waals surface area (Å²) in [5.74, 6) is 1.61. The molecule has 0 saturated heterocycles. The Morgan fingerprint density at radius 3 is 2.56 bits per heavy atom. The average molecular weight is 245 g/mol. The number of ether oxygens (including phenoxy) is 1. The Kier molecular flexibility index (Phi) is 3.39. The van der Waals surface area contributed by atoms with Crippen LogP contribution in [0.3, 0.4) is 0 Å². The molecule has 4 heteroatoms. The Hall–Kier alpha value is -1.81. The molecule has 0 radical (unpaired) electrons. The quantitative estimate of drug-likeness (QED) is 0.872. The van der Waals surface area contributed by atoms with Crippen molar-refractivity contribution in [3.63, 3.8) is 0 Å². The molecule has 0 bridgehead atoms. The van der Waals surface area contributed by atoms with E-state index in [1.807, 2.05) is 13.8 Å². The first kappa shape index (κ1) is 12.6. The lowest BCUT2D eigenvalue weighted by Gasteiger charge is -2.20. The second kappa shape index (κ2) is 4.82. The SMILES string of the molecule is COc1c(C)c(C)cc(C)c1C(N)c1ncc[nH]1. The molecule has 0 amide bonds. The molecule has 1 aromatic heterocycles. The Morgan fingerprint density at radius 2 is 2.00 bits per heavy atom. The predicted octanol–water partition coefficient (Wildman–Crippen LogP) is 2.39. The van der Waals surface area contributed by atoms with Crippen LogP contribution in [0.1, 0.15) is 34.1 Å². The van der Waals surface area contributed by atoms with Gasteiger partial charge in [0.05, 0.1) is 13.2 Å². The number of benzene rings is 1. The molecule has 4 nitrogen and oxygen atoms in total. The zero-order valence-corrected chi connectivity index (χ0v) is 11.2. The van der Waals surface area contributed by atoms with Gasteiger partial charge in [-0.1, -0.05) is 6.07 Å². The predicted molar refractivity (Wildman–Crippen MR) is 71.8 cm³/mol. The number of nitrogens with zero attached hydrogens (tertiary/aromatic N) is 1. The third kappa shape index (κ3) is 1.99. The number of nitrogens with one attached hydrogen (secondary N) is 1. The van der Waals surface area contributed by atoms with Gasteiger partial charge in [0, 0.05) is 18.0 Å². The first-order valence-electron chi connectivity index (χ1n) is 5.95. The summed E-state index contributed by atoms with van der Waals surface area (Å²) in [5, 5.41) is 0. The molecule has 0 aliphatic carbocycles. The van der Waals surface area contributed by atoms with Crippen molar-refractivity contribution in [2.45, 2.75) is 26.8 Å². The second-order valence-electron chi connectivity index (χ2n) is 4.53. The van der Waals surface area contributed by atoms with Crippen LogP contribution in [0.4, 0.5) is 0 Å². The van der Waals surface area contributed by atoms with E-state index in [9.17, 15) is 0 Å². The number of hydrogen-bond acceptors (Lipinski definition) is 3. The van der Waals surface area contributed by atoms with Gasteiger partial charge < -0.3 is 15.5 Å². The normalized spacial score (nSPS) is 12.5. The van der Waals surface area contributed by atoms with Gasteiger partial charge in [-0.15, -0.1) is 0 Å². The number of aromatic nitrogens is 2. The van der Waals surface area contributed by atoms with Gasteiger partial charge in [-0.05, 0) is 37.5 Å². The Morgan fingerprint density at radius 1 is 1.28 bits per heavy atom. The molecule has 0 aliphatic heterocycles. The molecule has 0 aliphatic rings. The minimum atomic E-state index is -0.297. The van der Waals surface area contributed by atoms with E-state index in [4.69, 9.17) is 10.5 Å². The lowest BCUT2D eigenvalue weighted by Crippen LogP contribution is -2.17. The number of hydrogen-bond donors (Lipinski definition) is 2. The number of methoxy groups -OCH3 is 1. The van der Waals surface area contributed by atoms with E-state index in [1.54, 1.807) is 19.5 Å². The molecule has 2 rings (SSSR count). The molecule has 0 spiro atoms. The monoisotopic (exact) mass is 245 g/mol. The van der Waals surface area contributed by atoms with Crippen molar-refractivity contribution in [3.05, 3.63) is 46.5 Å². The number of nitrogens with two attached hydrogens (primary N) is 1. The lowest BCUT2D eigenvalue weighted by atomic mass is 9.94. The first-order chi connectivity index (χ1) is 8.56. The molecule has 96 valence electrons. The number of H-pyrrole nitrogens is 1. The van der Waals surface area contributed by atoms with Gasteiger partial charge >= 0.3 is 0 Å². The van der Waals surface area contributed by atoms with Crippen LogP contribution in [0.25, 0.3) is 0 Å². The summed E-state index contributed by atoms with van der Waals surface area (Å²) in [4.78, 5) is 7.28. The fraction of sp³-hybridized carbons (Fsp3) is 0.357. The summed E-state index contributed by atoms with van der Waals surface area (Å²) in [6.45, 7) is 6.17.